The molecule has 0 fully saturated rings. The smallest absolute Gasteiger partial charge is 0.262 e. The minimum Gasteiger partial charge on any atom is -0.377 e. The van der Waals surface area contributed by atoms with Gasteiger partial charge in [0.15, 0.2) is 0 Å². The van der Waals surface area contributed by atoms with Crippen LogP contribution in [-0.4, -0.2) is 34.3 Å². The maximum Gasteiger partial charge on any atom is 0.262 e. The quantitative estimate of drug-likeness (QED) is 0.380. The van der Waals surface area contributed by atoms with Crippen molar-refractivity contribution in [3.63, 3.8) is 0 Å². The molecule has 3 aromatic carbocycles. The molecule has 9 heteroatoms. The van der Waals surface area contributed by atoms with E-state index in [4.69, 9.17) is 11.6 Å². The van der Waals surface area contributed by atoms with Crippen molar-refractivity contribution < 1.29 is 13.2 Å². The summed E-state index contributed by atoms with van der Waals surface area (Å²) in [6.45, 7) is 3.50. The molecule has 32 heavy (non-hydrogen) atoms. The van der Waals surface area contributed by atoms with Crippen molar-refractivity contribution in [2.75, 3.05) is 34.9 Å². The average molecular weight is 539 g/mol. The van der Waals surface area contributed by atoms with Crippen molar-refractivity contribution in [1.29, 1.82) is 0 Å². The van der Waals surface area contributed by atoms with Gasteiger partial charge in [0.25, 0.3) is 10.0 Å². The maximum absolute atomic E-state index is 13.2. The van der Waals surface area contributed by atoms with Crippen molar-refractivity contribution in [1.82, 2.24) is 0 Å². The van der Waals surface area contributed by atoms with Gasteiger partial charge in [0.05, 0.1) is 21.7 Å². The molecule has 3 rings (SSSR count). The number of carbonyl (C=O) groups is 1. The molecule has 0 bridgehead atoms. The van der Waals surface area contributed by atoms with Crippen LogP contribution in [0.15, 0.2) is 64.0 Å². The standard InChI is InChI=1S/C23H25BrClN3O3S/c1-23(2,14-25)22(29)26-19-12-11-15(13-18(19)24)27-32(30,31)21-10-6-7-16-17(21)8-5-9-20(16)28(3)4/h5-13,27H,14H2,1-4H3,(H,26,29). The Kier molecular flexibility index (Phi) is 7.07. The summed E-state index contributed by atoms with van der Waals surface area (Å²) >= 11 is 9.27. The summed E-state index contributed by atoms with van der Waals surface area (Å²) in [4.78, 5) is 14.5. The molecule has 0 radical (unpaired) electrons. The average Bonchev–Trinajstić information content (AvgIpc) is 2.74. The van der Waals surface area contributed by atoms with E-state index in [0.717, 1.165) is 11.1 Å². The molecule has 0 aliphatic carbocycles. The second kappa shape index (κ2) is 9.29. The van der Waals surface area contributed by atoms with Gasteiger partial charge in [-0.3, -0.25) is 9.52 Å². The molecule has 0 spiro atoms. The third-order valence-corrected chi connectivity index (χ3v) is 7.81. The van der Waals surface area contributed by atoms with Crippen LogP contribution in [0, 0.1) is 5.41 Å². The first kappa shape index (κ1) is 24.4. The molecule has 3 aromatic rings. The minimum atomic E-state index is -3.86. The lowest BCUT2D eigenvalue weighted by molar-refractivity contribution is -0.122. The molecule has 0 aliphatic rings. The lowest BCUT2D eigenvalue weighted by Crippen LogP contribution is -2.32. The number of sulfonamides is 1. The van der Waals surface area contributed by atoms with Gasteiger partial charge in [0.2, 0.25) is 5.91 Å². The first-order valence-corrected chi connectivity index (χ1v) is 12.7. The Hall–Kier alpha value is -2.29. The molecular formula is C23H25BrClN3O3S. The van der Waals surface area contributed by atoms with E-state index in [2.05, 4.69) is 26.0 Å². The number of amides is 1. The zero-order chi connectivity index (χ0) is 23.7. The van der Waals surface area contributed by atoms with Crippen molar-refractivity contribution in [2.45, 2.75) is 18.7 Å². The number of nitrogens with one attached hydrogen (secondary N) is 2. The minimum absolute atomic E-state index is 0.175. The SMILES string of the molecule is CN(C)c1cccc2c(S(=O)(=O)Nc3ccc(NC(=O)C(C)(C)CCl)c(Br)c3)cccc12. The molecule has 6 nitrogen and oxygen atoms in total. The van der Waals surface area contributed by atoms with E-state index < -0.39 is 15.4 Å². The van der Waals surface area contributed by atoms with E-state index in [9.17, 15) is 13.2 Å². The summed E-state index contributed by atoms with van der Waals surface area (Å²) in [6.07, 6.45) is 0. The van der Waals surface area contributed by atoms with Gasteiger partial charge < -0.3 is 10.2 Å². The second-order valence-corrected chi connectivity index (χ2v) is 11.1. The van der Waals surface area contributed by atoms with Gasteiger partial charge in [-0.1, -0.05) is 24.3 Å². The highest BCUT2D eigenvalue weighted by atomic mass is 79.9. The molecule has 0 saturated carbocycles. The number of nitrogens with zero attached hydrogens (tertiary/aromatic N) is 1. The number of hydrogen-bond acceptors (Lipinski definition) is 4. The Morgan fingerprint density at radius 1 is 1.06 bits per heavy atom. The number of fused-ring (bicyclic) bond motifs is 1. The van der Waals surface area contributed by atoms with E-state index in [1.54, 1.807) is 50.2 Å². The number of anilines is 3. The summed E-state index contributed by atoms with van der Waals surface area (Å²) in [5, 5.41) is 4.30. The van der Waals surface area contributed by atoms with Crippen LogP contribution in [0.4, 0.5) is 17.1 Å². The van der Waals surface area contributed by atoms with Crippen LogP contribution in [0.25, 0.3) is 10.8 Å². The number of hydrogen-bond donors (Lipinski definition) is 2. The molecule has 170 valence electrons. The topological polar surface area (TPSA) is 78.5 Å². The number of rotatable bonds is 7. The van der Waals surface area contributed by atoms with Crippen LogP contribution < -0.4 is 14.9 Å². The fourth-order valence-corrected chi connectivity index (χ4v) is 5.00. The summed E-state index contributed by atoms with van der Waals surface area (Å²) in [5.74, 6) is -0.0523. The Bertz CT molecular complexity index is 1280. The van der Waals surface area contributed by atoms with Gasteiger partial charge >= 0.3 is 0 Å². The summed E-state index contributed by atoms with van der Waals surface area (Å²) in [5.41, 5.74) is 1.09. The Balaban J connectivity index is 1.92. The number of benzene rings is 3. The van der Waals surface area contributed by atoms with Crippen molar-refractivity contribution >= 4 is 71.3 Å². The Morgan fingerprint density at radius 2 is 1.72 bits per heavy atom. The van der Waals surface area contributed by atoms with E-state index in [1.807, 2.05) is 37.2 Å². The van der Waals surface area contributed by atoms with E-state index >= 15 is 0 Å². The van der Waals surface area contributed by atoms with E-state index in [1.165, 1.54) is 0 Å². The van der Waals surface area contributed by atoms with Crippen molar-refractivity contribution in [3.8, 4) is 0 Å². The number of carbonyl (C=O) groups excluding carboxylic acids is 1. The third-order valence-electron chi connectivity index (χ3n) is 5.05. The monoisotopic (exact) mass is 537 g/mol. The fraction of sp³-hybridized carbons (Fsp3) is 0.261. The van der Waals surface area contributed by atoms with Gasteiger partial charge in [-0.15, -0.1) is 11.6 Å². The lowest BCUT2D eigenvalue weighted by Gasteiger charge is -2.21. The normalized spacial score (nSPS) is 11.9. The van der Waals surface area contributed by atoms with Crippen LogP contribution in [0.5, 0.6) is 0 Å². The van der Waals surface area contributed by atoms with E-state index in [-0.39, 0.29) is 16.7 Å². The summed E-state index contributed by atoms with van der Waals surface area (Å²) in [6, 6.07) is 15.6. The molecule has 0 aromatic heterocycles. The van der Waals surface area contributed by atoms with Gasteiger partial charge in [0.1, 0.15) is 0 Å². The number of halogens is 2. The van der Waals surface area contributed by atoms with Gasteiger partial charge in [0, 0.05) is 40.9 Å². The highest BCUT2D eigenvalue weighted by Gasteiger charge is 2.27. The van der Waals surface area contributed by atoms with Crippen LogP contribution >= 0.6 is 27.5 Å². The number of alkyl halides is 1. The van der Waals surface area contributed by atoms with E-state index in [0.29, 0.717) is 21.2 Å². The molecule has 0 atom stereocenters. The lowest BCUT2D eigenvalue weighted by atomic mass is 9.95. The predicted octanol–water partition coefficient (Wildman–Crippen LogP) is 5.67. The highest BCUT2D eigenvalue weighted by Crippen LogP contribution is 2.33. The summed E-state index contributed by atoms with van der Waals surface area (Å²) < 4.78 is 29.6. The zero-order valence-corrected chi connectivity index (χ0v) is 21.4. The highest BCUT2D eigenvalue weighted by molar-refractivity contribution is 9.10. The van der Waals surface area contributed by atoms with Gasteiger partial charge in [-0.05, 0) is 60.1 Å². The molecule has 0 aliphatic heterocycles. The van der Waals surface area contributed by atoms with Gasteiger partial charge in [-0.2, -0.15) is 0 Å². The molecule has 0 saturated heterocycles. The van der Waals surface area contributed by atoms with Crippen molar-refractivity contribution in [2.24, 2.45) is 5.41 Å². The summed E-state index contributed by atoms with van der Waals surface area (Å²) in [7, 11) is -0.0224. The zero-order valence-electron chi connectivity index (χ0n) is 18.2. The Labute approximate surface area is 202 Å². The van der Waals surface area contributed by atoms with Crippen molar-refractivity contribution in [3.05, 3.63) is 59.1 Å². The van der Waals surface area contributed by atoms with Crippen LogP contribution in [0.1, 0.15) is 13.8 Å². The van der Waals surface area contributed by atoms with Crippen LogP contribution in [-0.2, 0) is 14.8 Å². The predicted molar refractivity (Wildman–Crippen MR) is 136 cm³/mol. The maximum atomic E-state index is 13.2. The Morgan fingerprint density at radius 3 is 2.34 bits per heavy atom. The molecular weight excluding hydrogens is 514 g/mol. The molecule has 0 unspecified atom stereocenters. The second-order valence-electron chi connectivity index (χ2n) is 8.29. The fourth-order valence-electron chi connectivity index (χ4n) is 3.13. The molecule has 1 amide bonds. The first-order chi connectivity index (χ1) is 15.0. The van der Waals surface area contributed by atoms with Crippen LogP contribution in [0.2, 0.25) is 0 Å². The molecule has 0 heterocycles. The largest absolute Gasteiger partial charge is 0.377 e. The molecule has 2 N–H and O–H groups in total. The van der Waals surface area contributed by atoms with Gasteiger partial charge in [-0.25, -0.2) is 8.42 Å². The first-order valence-electron chi connectivity index (χ1n) is 9.85. The third kappa shape index (κ3) is 5.03. The van der Waals surface area contributed by atoms with Crippen LogP contribution in [0.3, 0.4) is 0 Å².